The van der Waals surface area contributed by atoms with E-state index in [1.807, 2.05) is 7.05 Å². The van der Waals surface area contributed by atoms with E-state index in [-0.39, 0.29) is 11.5 Å². The van der Waals surface area contributed by atoms with Gasteiger partial charge in [0.15, 0.2) is 5.96 Å². The van der Waals surface area contributed by atoms with Crippen LogP contribution in [0.25, 0.3) is 0 Å². The van der Waals surface area contributed by atoms with Crippen molar-refractivity contribution in [2.75, 3.05) is 26.7 Å². The Morgan fingerprint density at radius 1 is 1.12 bits per heavy atom. The van der Waals surface area contributed by atoms with Gasteiger partial charge in [0.1, 0.15) is 0 Å². The normalized spacial score (nSPS) is 26.7. The maximum Gasteiger partial charge on any atom is 0.191 e. The van der Waals surface area contributed by atoms with Crippen molar-refractivity contribution in [2.45, 2.75) is 89.6 Å². The number of piperidine rings is 1. The van der Waals surface area contributed by atoms with Crippen LogP contribution in [-0.2, 0) is 17.8 Å². The van der Waals surface area contributed by atoms with Gasteiger partial charge in [-0.25, -0.2) is 0 Å². The molecule has 3 N–H and O–H groups in total. The molecule has 1 aromatic rings. The molecule has 3 aliphatic rings. The molecule has 2 unspecified atom stereocenters. The third-order valence-electron chi connectivity index (χ3n) is 7.92. The Kier molecular flexibility index (Phi) is 8.08. The first-order valence-corrected chi connectivity index (χ1v) is 12.7. The molecule has 3 fully saturated rings. The first-order chi connectivity index (χ1) is 15.6. The van der Waals surface area contributed by atoms with Crippen molar-refractivity contribution in [1.29, 1.82) is 0 Å². The van der Waals surface area contributed by atoms with Crippen molar-refractivity contribution in [2.24, 2.45) is 10.4 Å². The van der Waals surface area contributed by atoms with Crippen molar-refractivity contribution < 1.29 is 9.84 Å². The molecular formula is C26H42N4O2. The summed E-state index contributed by atoms with van der Waals surface area (Å²) in [6, 6.07) is 9.34. The fourth-order valence-corrected chi connectivity index (χ4v) is 5.91. The van der Waals surface area contributed by atoms with Crippen LogP contribution in [-0.4, -0.2) is 61.0 Å². The van der Waals surface area contributed by atoms with Gasteiger partial charge in [0.25, 0.3) is 0 Å². The molecule has 2 saturated carbocycles. The number of hydrogen-bond donors (Lipinski definition) is 3. The van der Waals surface area contributed by atoms with Gasteiger partial charge in [-0.05, 0) is 50.2 Å². The number of nitrogens with one attached hydrogen (secondary N) is 2. The molecule has 32 heavy (non-hydrogen) atoms. The van der Waals surface area contributed by atoms with Crippen LogP contribution in [0, 0.1) is 5.41 Å². The summed E-state index contributed by atoms with van der Waals surface area (Å²) in [5.74, 6) is 0.894. The Morgan fingerprint density at radius 2 is 1.81 bits per heavy atom. The third-order valence-corrected chi connectivity index (χ3v) is 7.92. The van der Waals surface area contributed by atoms with Crippen LogP contribution >= 0.6 is 0 Å². The molecule has 178 valence electrons. The summed E-state index contributed by atoms with van der Waals surface area (Å²) in [4.78, 5) is 6.93. The number of nitrogens with zero attached hydrogens (tertiary/aromatic N) is 2. The molecule has 6 heteroatoms. The van der Waals surface area contributed by atoms with Crippen molar-refractivity contribution in [3.05, 3.63) is 35.4 Å². The molecule has 4 rings (SSSR count). The Hall–Kier alpha value is -1.63. The van der Waals surface area contributed by atoms with E-state index in [9.17, 15) is 5.11 Å². The molecule has 0 radical (unpaired) electrons. The highest BCUT2D eigenvalue weighted by molar-refractivity contribution is 5.80. The van der Waals surface area contributed by atoms with Crippen molar-refractivity contribution in [3.8, 4) is 0 Å². The molecule has 1 aromatic carbocycles. The van der Waals surface area contributed by atoms with E-state index in [2.05, 4.69) is 51.7 Å². The van der Waals surface area contributed by atoms with E-state index in [0.717, 1.165) is 58.0 Å². The second kappa shape index (κ2) is 11.0. The highest BCUT2D eigenvalue weighted by Gasteiger charge is 2.55. The molecular weight excluding hydrogens is 400 g/mol. The van der Waals surface area contributed by atoms with E-state index in [1.165, 1.54) is 43.2 Å². The van der Waals surface area contributed by atoms with Crippen LogP contribution < -0.4 is 10.6 Å². The molecule has 1 saturated heterocycles. The Bertz CT molecular complexity index is 737. The zero-order valence-corrected chi connectivity index (χ0v) is 20.0. The van der Waals surface area contributed by atoms with Gasteiger partial charge < -0.3 is 20.5 Å². The smallest absolute Gasteiger partial charge is 0.191 e. The molecule has 0 amide bonds. The van der Waals surface area contributed by atoms with Gasteiger partial charge in [0.2, 0.25) is 0 Å². The van der Waals surface area contributed by atoms with Gasteiger partial charge in [0, 0.05) is 51.3 Å². The average molecular weight is 443 g/mol. The average Bonchev–Trinajstić information content (AvgIpc) is 2.83. The number of hydrogen-bond acceptors (Lipinski definition) is 4. The van der Waals surface area contributed by atoms with Gasteiger partial charge in [-0.1, -0.05) is 43.5 Å². The second-order valence-electron chi connectivity index (χ2n) is 9.92. The predicted octanol–water partition coefficient (Wildman–Crippen LogP) is 3.44. The van der Waals surface area contributed by atoms with Crippen LogP contribution in [0.5, 0.6) is 0 Å². The molecule has 2 atom stereocenters. The SMILES string of the molecule is CCOC1CC(NC(=NC)NCc2ccc(CN3CCC(O)CC3)cc2)C12CCCCC2. The lowest BCUT2D eigenvalue weighted by Crippen LogP contribution is -2.66. The van der Waals surface area contributed by atoms with Crippen LogP contribution in [0.2, 0.25) is 0 Å². The van der Waals surface area contributed by atoms with E-state index in [0.29, 0.717) is 12.1 Å². The summed E-state index contributed by atoms with van der Waals surface area (Å²) in [7, 11) is 1.86. The lowest BCUT2D eigenvalue weighted by Gasteiger charge is -2.57. The number of ether oxygens (including phenoxy) is 1. The van der Waals surface area contributed by atoms with Gasteiger partial charge in [0.05, 0.1) is 12.2 Å². The van der Waals surface area contributed by atoms with E-state index >= 15 is 0 Å². The first-order valence-electron chi connectivity index (χ1n) is 12.7. The van der Waals surface area contributed by atoms with Crippen molar-refractivity contribution >= 4 is 5.96 Å². The minimum Gasteiger partial charge on any atom is -0.393 e. The van der Waals surface area contributed by atoms with Crippen LogP contribution in [0.1, 0.15) is 69.4 Å². The molecule has 2 aliphatic carbocycles. The monoisotopic (exact) mass is 442 g/mol. The van der Waals surface area contributed by atoms with Gasteiger partial charge >= 0.3 is 0 Å². The summed E-state index contributed by atoms with van der Waals surface area (Å²) in [6.07, 6.45) is 9.68. The number of rotatable bonds is 7. The zero-order chi connectivity index (χ0) is 22.4. The number of likely N-dealkylation sites (tertiary alicyclic amines) is 1. The molecule has 0 bridgehead atoms. The fourth-order valence-electron chi connectivity index (χ4n) is 5.91. The largest absolute Gasteiger partial charge is 0.393 e. The number of benzene rings is 1. The molecule has 1 aliphatic heterocycles. The lowest BCUT2D eigenvalue weighted by atomic mass is 9.55. The molecule has 0 aromatic heterocycles. The standard InChI is InChI=1S/C26H42N4O2/c1-3-32-24-17-23(26(24)13-5-4-6-14-26)29-25(27-2)28-18-20-7-9-21(10-8-20)19-30-15-11-22(31)12-16-30/h7-10,22-24,31H,3-6,11-19H2,1-2H3,(H2,27,28,29). The maximum absolute atomic E-state index is 9.68. The Morgan fingerprint density at radius 3 is 2.47 bits per heavy atom. The van der Waals surface area contributed by atoms with Gasteiger partial charge in [-0.2, -0.15) is 0 Å². The van der Waals surface area contributed by atoms with E-state index in [1.54, 1.807) is 0 Å². The highest BCUT2D eigenvalue weighted by Crippen LogP contribution is 2.53. The first kappa shape index (κ1) is 23.5. The van der Waals surface area contributed by atoms with Crippen molar-refractivity contribution in [1.82, 2.24) is 15.5 Å². The highest BCUT2D eigenvalue weighted by atomic mass is 16.5. The summed E-state index contributed by atoms with van der Waals surface area (Å²) >= 11 is 0. The quantitative estimate of drug-likeness (QED) is 0.446. The number of aliphatic hydroxyl groups is 1. The second-order valence-corrected chi connectivity index (χ2v) is 9.92. The molecule has 1 heterocycles. The number of guanidine groups is 1. The predicted molar refractivity (Wildman–Crippen MR) is 130 cm³/mol. The minimum atomic E-state index is -0.110. The van der Waals surface area contributed by atoms with Crippen LogP contribution in [0.4, 0.5) is 0 Å². The van der Waals surface area contributed by atoms with Crippen LogP contribution in [0.15, 0.2) is 29.3 Å². The Labute approximate surface area is 193 Å². The summed E-state index contributed by atoms with van der Waals surface area (Å²) in [5.41, 5.74) is 2.89. The molecule has 1 spiro atoms. The van der Waals surface area contributed by atoms with Gasteiger partial charge in [-0.15, -0.1) is 0 Å². The number of aliphatic imine (C=N–C) groups is 1. The summed E-state index contributed by atoms with van der Waals surface area (Å²) < 4.78 is 6.10. The zero-order valence-electron chi connectivity index (χ0n) is 20.0. The topological polar surface area (TPSA) is 69.1 Å². The van der Waals surface area contributed by atoms with E-state index < -0.39 is 0 Å². The minimum absolute atomic E-state index is 0.110. The summed E-state index contributed by atoms with van der Waals surface area (Å²) in [6.45, 7) is 6.62. The van der Waals surface area contributed by atoms with Crippen molar-refractivity contribution in [3.63, 3.8) is 0 Å². The maximum atomic E-state index is 9.68. The van der Waals surface area contributed by atoms with Gasteiger partial charge in [-0.3, -0.25) is 9.89 Å². The van der Waals surface area contributed by atoms with Crippen LogP contribution in [0.3, 0.4) is 0 Å². The number of aliphatic hydroxyl groups excluding tert-OH is 1. The van der Waals surface area contributed by atoms with E-state index in [4.69, 9.17) is 4.74 Å². The Balaban J connectivity index is 1.26. The molecule has 6 nitrogen and oxygen atoms in total. The lowest BCUT2D eigenvalue weighted by molar-refractivity contribution is -0.145. The fraction of sp³-hybridized carbons (Fsp3) is 0.731. The third kappa shape index (κ3) is 5.46. The summed E-state index contributed by atoms with van der Waals surface area (Å²) in [5, 5.41) is 16.9.